The predicted octanol–water partition coefficient (Wildman–Crippen LogP) is 3.29. The number of fused-ring (bicyclic) bond motifs is 1. The Balaban J connectivity index is 1.22. The molecule has 1 N–H and O–H groups in total. The number of anilines is 2. The van der Waals surface area contributed by atoms with Crippen molar-refractivity contribution < 1.29 is 21.9 Å². The number of rotatable bonds is 7. The highest BCUT2D eigenvalue weighted by Gasteiger charge is 2.28. The molecule has 0 amide bonds. The molecule has 10 nitrogen and oxygen atoms in total. The first-order chi connectivity index (χ1) is 19.3. The molecule has 3 fully saturated rings. The number of hydrogen-bond donors (Lipinski definition) is 1. The van der Waals surface area contributed by atoms with E-state index in [1.54, 1.807) is 30.3 Å². The van der Waals surface area contributed by atoms with Gasteiger partial charge in [-0.3, -0.25) is 4.57 Å². The summed E-state index contributed by atoms with van der Waals surface area (Å²) in [6.07, 6.45) is 1.17. The van der Waals surface area contributed by atoms with Gasteiger partial charge in [0.1, 0.15) is 11.6 Å². The van der Waals surface area contributed by atoms with Gasteiger partial charge in [-0.25, -0.2) is 22.2 Å². The molecule has 0 bridgehead atoms. The van der Waals surface area contributed by atoms with Crippen molar-refractivity contribution in [1.82, 2.24) is 24.4 Å². The van der Waals surface area contributed by atoms with Crippen LogP contribution in [-0.2, 0) is 14.6 Å². The van der Waals surface area contributed by atoms with E-state index in [0.29, 0.717) is 73.9 Å². The Hall–Kier alpha value is -2.90. The molecule has 0 spiro atoms. The van der Waals surface area contributed by atoms with Crippen LogP contribution >= 0.6 is 0 Å². The second-order valence-corrected chi connectivity index (χ2v) is 13.2. The van der Waals surface area contributed by atoms with Crippen LogP contribution in [0.5, 0.6) is 0 Å². The van der Waals surface area contributed by atoms with E-state index in [9.17, 15) is 17.2 Å². The van der Waals surface area contributed by atoms with Crippen molar-refractivity contribution in [2.75, 3.05) is 67.7 Å². The van der Waals surface area contributed by atoms with Crippen LogP contribution in [0.3, 0.4) is 0 Å². The van der Waals surface area contributed by atoms with Crippen molar-refractivity contribution in [2.24, 2.45) is 5.92 Å². The van der Waals surface area contributed by atoms with Gasteiger partial charge in [-0.2, -0.15) is 9.97 Å². The van der Waals surface area contributed by atoms with Gasteiger partial charge in [0.2, 0.25) is 5.95 Å². The minimum Gasteiger partial charge on any atom is -0.378 e. The van der Waals surface area contributed by atoms with Crippen molar-refractivity contribution in [3.05, 3.63) is 36.2 Å². The van der Waals surface area contributed by atoms with Crippen LogP contribution in [0, 0.1) is 5.92 Å². The number of hydrogen-bond acceptors (Lipinski definition) is 9. The van der Waals surface area contributed by atoms with Gasteiger partial charge in [-0.05, 0) is 43.7 Å². The van der Waals surface area contributed by atoms with Crippen molar-refractivity contribution >= 4 is 32.6 Å². The minimum absolute atomic E-state index is 0.167. The van der Waals surface area contributed by atoms with Gasteiger partial charge in [0, 0.05) is 44.8 Å². The highest BCUT2D eigenvalue weighted by Crippen LogP contribution is 2.31. The predicted molar refractivity (Wildman–Crippen MR) is 149 cm³/mol. The van der Waals surface area contributed by atoms with Gasteiger partial charge < -0.3 is 19.9 Å². The maximum absolute atomic E-state index is 14.1. The maximum Gasteiger partial charge on any atom is 0.296 e. The molecule has 13 heteroatoms. The molecule has 0 radical (unpaired) electrons. The molecule has 3 aromatic rings. The van der Waals surface area contributed by atoms with Gasteiger partial charge in [0.25, 0.3) is 6.43 Å². The Bertz CT molecular complexity index is 1420. The Labute approximate surface area is 232 Å². The summed E-state index contributed by atoms with van der Waals surface area (Å²) in [5, 5.41) is 3.50. The zero-order valence-electron chi connectivity index (χ0n) is 22.4. The van der Waals surface area contributed by atoms with E-state index < -0.39 is 16.3 Å². The van der Waals surface area contributed by atoms with Gasteiger partial charge in [-0.15, -0.1) is 0 Å². The van der Waals surface area contributed by atoms with Crippen molar-refractivity contribution in [1.29, 1.82) is 0 Å². The second kappa shape index (κ2) is 11.5. The molecule has 0 atom stereocenters. The zero-order chi connectivity index (χ0) is 27.7. The number of para-hydroxylation sites is 2. The Morgan fingerprint density at radius 3 is 2.38 bits per heavy atom. The van der Waals surface area contributed by atoms with Crippen LogP contribution in [0.15, 0.2) is 30.3 Å². The van der Waals surface area contributed by atoms with E-state index in [1.807, 2.05) is 0 Å². The Morgan fingerprint density at radius 2 is 1.65 bits per heavy atom. The van der Waals surface area contributed by atoms with Crippen molar-refractivity contribution in [2.45, 2.75) is 38.2 Å². The molecule has 3 aliphatic rings. The number of alkyl halides is 2. The smallest absolute Gasteiger partial charge is 0.296 e. The van der Waals surface area contributed by atoms with Crippen LogP contribution in [0.2, 0.25) is 0 Å². The minimum atomic E-state index is -2.87. The highest BCUT2D eigenvalue weighted by molar-refractivity contribution is 7.91. The average Bonchev–Trinajstić information content (AvgIpc) is 3.36. The molecule has 1 saturated carbocycles. The van der Waals surface area contributed by atoms with Crippen LogP contribution in [-0.4, -0.2) is 96.3 Å². The fourth-order valence-electron chi connectivity index (χ4n) is 5.96. The van der Waals surface area contributed by atoms with E-state index >= 15 is 0 Å². The molecule has 6 rings (SSSR count). The standard InChI is InChI=1S/C27H35F2N7O3S/c28-25(29)26-31-21-3-1-2-4-22(21)36(26)24-17-23(35-9-13-39-14-10-35)32-27(33-24)30-20-7-5-19(6-8-20)18-34-11-15-40(37,38)16-12-34/h1-4,17,19-20,25H,5-16,18H2,(H,30,32,33)/t19-,20-. The molecule has 216 valence electrons. The summed E-state index contributed by atoms with van der Waals surface area (Å²) in [5.41, 5.74) is 1.06. The zero-order valence-corrected chi connectivity index (χ0v) is 23.2. The van der Waals surface area contributed by atoms with Gasteiger partial charge in [-0.1, -0.05) is 12.1 Å². The molecule has 1 aliphatic carbocycles. The summed E-state index contributed by atoms with van der Waals surface area (Å²) in [6.45, 7) is 4.64. The molecule has 1 aromatic carbocycles. The van der Waals surface area contributed by atoms with E-state index in [1.165, 1.54) is 4.57 Å². The van der Waals surface area contributed by atoms with Crippen LogP contribution in [0.1, 0.15) is 37.9 Å². The van der Waals surface area contributed by atoms with Crippen molar-refractivity contribution in [3.63, 3.8) is 0 Å². The quantitative estimate of drug-likeness (QED) is 0.454. The van der Waals surface area contributed by atoms with Crippen LogP contribution < -0.4 is 10.2 Å². The number of aromatic nitrogens is 4. The molecule has 2 aliphatic heterocycles. The second-order valence-electron chi connectivity index (χ2n) is 10.9. The lowest BCUT2D eigenvalue weighted by Crippen LogP contribution is -2.43. The monoisotopic (exact) mass is 575 g/mol. The van der Waals surface area contributed by atoms with Crippen LogP contribution in [0.25, 0.3) is 16.9 Å². The summed E-state index contributed by atoms with van der Waals surface area (Å²) >= 11 is 0. The van der Waals surface area contributed by atoms with E-state index in [-0.39, 0.29) is 23.4 Å². The number of benzene rings is 1. The number of nitrogens with zero attached hydrogens (tertiary/aromatic N) is 6. The van der Waals surface area contributed by atoms with E-state index in [2.05, 4.69) is 20.1 Å². The lowest BCUT2D eigenvalue weighted by atomic mass is 9.85. The first-order valence-corrected chi connectivity index (χ1v) is 15.8. The molecular weight excluding hydrogens is 540 g/mol. The largest absolute Gasteiger partial charge is 0.378 e. The number of nitrogens with one attached hydrogen (secondary N) is 1. The van der Waals surface area contributed by atoms with Gasteiger partial charge >= 0.3 is 0 Å². The molecule has 40 heavy (non-hydrogen) atoms. The number of halogens is 2. The molecule has 4 heterocycles. The first-order valence-electron chi connectivity index (χ1n) is 14.0. The average molecular weight is 576 g/mol. The number of imidazole rings is 1. The maximum atomic E-state index is 14.1. The topological polar surface area (TPSA) is 105 Å². The molecular formula is C27H35F2N7O3S. The summed E-state index contributed by atoms with van der Waals surface area (Å²) in [5.74, 6) is 2.14. The third-order valence-electron chi connectivity index (χ3n) is 8.18. The lowest BCUT2D eigenvalue weighted by molar-refractivity contribution is 0.122. The molecule has 2 saturated heterocycles. The first kappa shape index (κ1) is 27.3. The number of sulfone groups is 1. The SMILES string of the molecule is O=S1(=O)CCN(C[C@H]2CC[C@H](Nc3nc(N4CCOCC4)cc(-n4c(C(F)F)nc5ccccc54)n3)CC2)CC1. The molecule has 0 unspecified atom stereocenters. The van der Waals surface area contributed by atoms with Gasteiger partial charge in [0.15, 0.2) is 15.7 Å². The molecule has 2 aromatic heterocycles. The summed E-state index contributed by atoms with van der Waals surface area (Å²) in [6, 6.07) is 9.01. The van der Waals surface area contributed by atoms with Crippen LogP contribution in [0.4, 0.5) is 20.5 Å². The third-order valence-corrected chi connectivity index (χ3v) is 9.79. The van der Waals surface area contributed by atoms with E-state index in [0.717, 1.165) is 32.2 Å². The normalized spacial score (nSPS) is 24.0. The fraction of sp³-hybridized carbons (Fsp3) is 0.593. The van der Waals surface area contributed by atoms with Crippen molar-refractivity contribution in [3.8, 4) is 5.82 Å². The van der Waals surface area contributed by atoms with Gasteiger partial charge in [0.05, 0.1) is 35.8 Å². The number of morpholine rings is 1. The Morgan fingerprint density at radius 1 is 0.950 bits per heavy atom. The summed E-state index contributed by atoms with van der Waals surface area (Å²) < 4.78 is 58.7. The highest BCUT2D eigenvalue weighted by atomic mass is 32.2. The van der Waals surface area contributed by atoms with E-state index in [4.69, 9.17) is 14.7 Å². The number of ether oxygens (including phenoxy) is 1. The third kappa shape index (κ3) is 6.06. The lowest BCUT2D eigenvalue weighted by Gasteiger charge is -2.34. The Kier molecular flexibility index (Phi) is 7.87. The summed E-state index contributed by atoms with van der Waals surface area (Å²) in [4.78, 5) is 18.1. The summed E-state index contributed by atoms with van der Waals surface area (Å²) in [7, 11) is -2.87. The fourth-order valence-corrected chi connectivity index (χ4v) is 7.23.